The third-order valence-corrected chi connectivity index (χ3v) is 5.34. The molecule has 0 aliphatic carbocycles. The lowest BCUT2D eigenvalue weighted by molar-refractivity contribution is -0.135. The smallest absolute Gasteiger partial charge is 0.387 e. The molecule has 1 heterocycles. The number of nitrogens with zero attached hydrogens (tertiary/aromatic N) is 1. The molecule has 34 heavy (non-hydrogen) atoms. The highest BCUT2D eigenvalue weighted by atomic mass is 32.1. The lowest BCUT2D eigenvalue weighted by Gasteiger charge is -2.06. The maximum absolute atomic E-state index is 13.4. The first-order chi connectivity index (χ1) is 16.2. The second-order valence-electron chi connectivity index (χ2n) is 6.74. The van der Waals surface area contributed by atoms with Gasteiger partial charge in [-0.3, -0.25) is 14.2 Å². The molecule has 0 unspecified atom stereocenters. The molecule has 0 spiro atoms. The number of amides is 1. The molecule has 0 aliphatic rings. The van der Waals surface area contributed by atoms with E-state index in [-0.39, 0.29) is 27.2 Å². The molecule has 2 aromatic carbocycles. The van der Waals surface area contributed by atoms with E-state index in [4.69, 9.17) is 4.74 Å². The average molecular weight is 492 g/mol. The molecule has 0 saturated carbocycles. The Morgan fingerprint density at radius 2 is 1.91 bits per heavy atom. The molecule has 3 aromatic rings. The topological polar surface area (TPSA) is 86.6 Å². The summed E-state index contributed by atoms with van der Waals surface area (Å²) in [7, 11) is 0. The van der Waals surface area contributed by atoms with Gasteiger partial charge in [-0.15, -0.1) is 11.3 Å². The summed E-state index contributed by atoms with van der Waals surface area (Å²) in [5.74, 6) is -1.88. The van der Waals surface area contributed by atoms with Gasteiger partial charge in [0.15, 0.2) is 0 Å². The molecular weight excluding hydrogens is 473 g/mol. The first-order valence-electron chi connectivity index (χ1n) is 9.95. The molecular formula is C23H19F3N2O5S. The highest BCUT2D eigenvalue weighted by Gasteiger charge is 2.12. The monoisotopic (exact) mass is 492 g/mol. The molecule has 178 valence electrons. The largest absolute Gasteiger partial charge is 0.463 e. The van der Waals surface area contributed by atoms with Crippen molar-refractivity contribution in [1.29, 1.82) is 0 Å². The zero-order valence-electron chi connectivity index (χ0n) is 17.8. The van der Waals surface area contributed by atoms with Crippen molar-refractivity contribution >= 4 is 41.1 Å². The van der Waals surface area contributed by atoms with Crippen molar-refractivity contribution in [1.82, 2.24) is 4.57 Å². The number of benzene rings is 2. The fourth-order valence-corrected chi connectivity index (χ4v) is 3.92. The van der Waals surface area contributed by atoms with Gasteiger partial charge in [0.05, 0.1) is 17.2 Å². The number of carbonyl (C=O) groups is 2. The first-order valence-corrected chi connectivity index (χ1v) is 10.8. The van der Waals surface area contributed by atoms with Crippen LogP contribution in [0.25, 0.3) is 12.2 Å². The maximum Gasteiger partial charge on any atom is 0.387 e. The molecule has 1 aromatic heterocycles. The molecule has 0 saturated heterocycles. The molecule has 0 aliphatic heterocycles. The minimum absolute atomic E-state index is 0.0407. The molecule has 11 heteroatoms. The van der Waals surface area contributed by atoms with E-state index in [1.807, 2.05) is 0 Å². The van der Waals surface area contributed by atoms with Gasteiger partial charge in [0.2, 0.25) is 5.91 Å². The minimum Gasteiger partial charge on any atom is -0.463 e. The zero-order chi connectivity index (χ0) is 24.7. The summed E-state index contributed by atoms with van der Waals surface area (Å²) >= 11 is 0.948. The van der Waals surface area contributed by atoms with Gasteiger partial charge >= 0.3 is 12.6 Å². The Kier molecular flexibility index (Phi) is 8.25. The van der Waals surface area contributed by atoms with Crippen molar-refractivity contribution in [3.05, 3.63) is 79.5 Å². The molecule has 0 bridgehead atoms. The SMILES string of the molecule is CCOC(=O)/C=c1\s/c(=C\c2ccc(OC(F)F)cc2)c(=O)n1CC(=O)Nc1cccc(F)c1. The van der Waals surface area contributed by atoms with Crippen LogP contribution < -0.4 is 24.8 Å². The molecule has 0 atom stereocenters. The molecule has 0 fully saturated rings. The summed E-state index contributed by atoms with van der Waals surface area (Å²) in [4.78, 5) is 37.5. The lowest BCUT2D eigenvalue weighted by atomic mass is 10.2. The Labute approximate surface area is 195 Å². The number of carbonyl (C=O) groups excluding carboxylic acids is 2. The van der Waals surface area contributed by atoms with E-state index in [1.54, 1.807) is 6.92 Å². The quantitative estimate of drug-likeness (QED) is 0.489. The van der Waals surface area contributed by atoms with Gasteiger partial charge < -0.3 is 14.8 Å². The van der Waals surface area contributed by atoms with E-state index < -0.39 is 36.4 Å². The number of aromatic nitrogens is 1. The standard InChI is InChI=1S/C23H19F3N2O5S/c1-2-32-21(30)12-20-28(13-19(29)27-16-5-3-4-15(24)11-16)22(31)18(34-20)10-14-6-8-17(9-7-14)33-23(25)26/h3-12,23H,2,13H2,1H3,(H,27,29)/b18-10-,20-12-. The van der Waals surface area contributed by atoms with Gasteiger partial charge in [0.1, 0.15) is 22.8 Å². The van der Waals surface area contributed by atoms with Crippen LogP contribution in [-0.4, -0.2) is 29.7 Å². The number of alkyl halides is 2. The number of rotatable bonds is 8. The number of hydrogen-bond donors (Lipinski definition) is 1. The van der Waals surface area contributed by atoms with E-state index in [0.717, 1.165) is 28.0 Å². The fraction of sp³-hybridized carbons (Fsp3) is 0.174. The predicted molar refractivity (Wildman–Crippen MR) is 121 cm³/mol. The minimum atomic E-state index is -2.96. The van der Waals surface area contributed by atoms with Crippen molar-refractivity contribution in [3.63, 3.8) is 0 Å². The fourth-order valence-electron chi connectivity index (χ4n) is 2.88. The average Bonchev–Trinajstić information content (AvgIpc) is 3.03. The van der Waals surface area contributed by atoms with Crippen molar-refractivity contribution in [2.24, 2.45) is 0 Å². The van der Waals surface area contributed by atoms with Crippen molar-refractivity contribution in [3.8, 4) is 5.75 Å². The van der Waals surface area contributed by atoms with Gasteiger partial charge in [0.25, 0.3) is 5.56 Å². The van der Waals surface area contributed by atoms with Gasteiger partial charge in [0, 0.05) is 5.69 Å². The Balaban J connectivity index is 1.96. The maximum atomic E-state index is 13.4. The van der Waals surface area contributed by atoms with E-state index in [9.17, 15) is 27.6 Å². The number of hydrogen-bond acceptors (Lipinski definition) is 6. The third kappa shape index (κ3) is 6.82. The summed E-state index contributed by atoms with van der Waals surface area (Å²) in [5, 5.41) is 2.50. The van der Waals surface area contributed by atoms with Gasteiger partial charge in [-0.1, -0.05) is 18.2 Å². The molecule has 0 radical (unpaired) electrons. The Bertz CT molecular complexity index is 1350. The summed E-state index contributed by atoms with van der Waals surface area (Å²) in [6.45, 7) is -1.65. The Hall–Kier alpha value is -3.86. The van der Waals surface area contributed by atoms with E-state index in [1.165, 1.54) is 48.5 Å². The van der Waals surface area contributed by atoms with Crippen molar-refractivity contribution < 1.29 is 32.2 Å². The molecule has 7 nitrogen and oxygen atoms in total. The summed E-state index contributed by atoms with van der Waals surface area (Å²) in [6.07, 6.45) is 2.59. The van der Waals surface area contributed by atoms with Crippen LogP contribution >= 0.6 is 11.3 Å². The van der Waals surface area contributed by atoms with Crippen LogP contribution in [0.4, 0.5) is 18.9 Å². The van der Waals surface area contributed by atoms with Crippen LogP contribution in [0.15, 0.2) is 53.3 Å². The Morgan fingerprint density at radius 3 is 2.56 bits per heavy atom. The van der Waals surface area contributed by atoms with Crippen LogP contribution in [-0.2, 0) is 20.9 Å². The molecule has 1 N–H and O–H groups in total. The Morgan fingerprint density at radius 1 is 1.18 bits per heavy atom. The highest BCUT2D eigenvalue weighted by Crippen LogP contribution is 2.15. The summed E-state index contributed by atoms with van der Waals surface area (Å²) in [5.41, 5.74) is 0.170. The number of anilines is 1. The van der Waals surface area contributed by atoms with Gasteiger partial charge in [-0.25, -0.2) is 9.18 Å². The molecule has 1 amide bonds. The zero-order valence-corrected chi connectivity index (χ0v) is 18.6. The van der Waals surface area contributed by atoms with E-state index in [2.05, 4.69) is 10.1 Å². The number of thiazole rings is 1. The summed E-state index contributed by atoms with van der Waals surface area (Å²) in [6, 6.07) is 10.9. The normalized spacial score (nSPS) is 12.1. The van der Waals surface area contributed by atoms with Crippen LogP contribution in [0, 0.1) is 5.82 Å². The highest BCUT2D eigenvalue weighted by molar-refractivity contribution is 7.07. The van der Waals surface area contributed by atoms with Crippen LogP contribution in [0.1, 0.15) is 12.5 Å². The lowest BCUT2D eigenvalue weighted by Crippen LogP contribution is -2.36. The molecule has 3 rings (SSSR count). The number of nitrogens with one attached hydrogen (secondary N) is 1. The van der Waals surface area contributed by atoms with Gasteiger partial charge in [-0.2, -0.15) is 8.78 Å². The van der Waals surface area contributed by atoms with E-state index in [0.29, 0.717) is 5.56 Å². The van der Waals surface area contributed by atoms with E-state index >= 15 is 0 Å². The van der Waals surface area contributed by atoms with Crippen molar-refractivity contribution in [2.75, 3.05) is 11.9 Å². The van der Waals surface area contributed by atoms with Crippen LogP contribution in [0.5, 0.6) is 5.75 Å². The second kappa shape index (κ2) is 11.3. The number of halogens is 3. The first kappa shape index (κ1) is 24.8. The van der Waals surface area contributed by atoms with Gasteiger partial charge in [-0.05, 0) is 48.9 Å². The third-order valence-electron chi connectivity index (χ3n) is 4.28. The predicted octanol–water partition coefficient (Wildman–Crippen LogP) is 2.46. The summed E-state index contributed by atoms with van der Waals surface area (Å²) < 4.78 is 48.7. The van der Waals surface area contributed by atoms with Crippen LogP contribution in [0.2, 0.25) is 0 Å². The number of esters is 1. The van der Waals surface area contributed by atoms with Crippen molar-refractivity contribution in [2.45, 2.75) is 20.1 Å². The second-order valence-corrected chi connectivity index (χ2v) is 7.80. The number of ether oxygens (including phenoxy) is 2. The van der Waals surface area contributed by atoms with Crippen LogP contribution in [0.3, 0.4) is 0 Å².